The van der Waals surface area contributed by atoms with Gasteiger partial charge in [0, 0.05) is 37.5 Å². The van der Waals surface area contributed by atoms with E-state index < -0.39 is 0 Å². The summed E-state index contributed by atoms with van der Waals surface area (Å²) in [5, 5.41) is 7.12. The van der Waals surface area contributed by atoms with Gasteiger partial charge in [-0.15, -0.1) is 0 Å². The monoisotopic (exact) mass is 340 g/mol. The van der Waals surface area contributed by atoms with Gasteiger partial charge in [0.15, 0.2) is 0 Å². The van der Waals surface area contributed by atoms with E-state index in [1.165, 1.54) is 12.5 Å². The Hall–Kier alpha value is -2.54. The van der Waals surface area contributed by atoms with Gasteiger partial charge in [-0.3, -0.25) is 9.69 Å². The zero-order valence-corrected chi connectivity index (χ0v) is 15.0. The van der Waals surface area contributed by atoms with Gasteiger partial charge in [-0.1, -0.05) is 6.08 Å². The molecule has 7 heteroatoms. The fourth-order valence-electron chi connectivity index (χ4n) is 3.14. The third kappa shape index (κ3) is 4.73. The predicted molar refractivity (Wildman–Crippen MR) is 96.0 cm³/mol. The number of hydrogen-bond donors (Lipinski definition) is 1. The molecule has 0 bridgehead atoms. The van der Waals surface area contributed by atoms with Crippen LogP contribution in [0.4, 0.5) is 5.82 Å². The van der Waals surface area contributed by atoms with Crippen molar-refractivity contribution in [2.24, 2.45) is 0 Å². The average Bonchev–Trinajstić information content (AvgIpc) is 2.92. The molecule has 0 spiro atoms. The maximum Gasteiger partial charge on any atom is 0.222 e. The maximum atomic E-state index is 11.3. The summed E-state index contributed by atoms with van der Waals surface area (Å²) in [6.45, 7) is 8.78. The lowest BCUT2D eigenvalue weighted by atomic mass is 10.1. The first-order chi connectivity index (χ1) is 12.0. The molecular weight excluding hydrogens is 316 g/mol. The number of carbonyl (C=O) groups excluding carboxylic acids is 1. The highest BCUT2D eigenvalue weighted by Gasteiger charge is 2.16. The first-order valence-electron chi connectivity index (χ1n) is 8.50. The Morgan fingerprint density at radius 2 is 2.00 bits per heavy atom. The van der Waals surface area contributed by atoms with Crippen LogP contribution in [0.15, 0.2) is 30.0 Å². The first kappa shape index (κ1) is 17.3. The van der Waals surface area contributed by atoms with Gasteiger partial charge in [0.2, 0.25) is 5.91 Å². The summed E-state index contributed by atoms with van der Waals surface area (Å²) in [5.74, 6) is 1.51. The number of nitrogens with zero attached hydrogens (tertiary/aromatic N) is 5. The second kappa shape index (κ2) is 7.57. The number of carbonyl (C=O) groups is 1. The van der Waals surface area contributed by atoms with Crippen LogP contribution in [0.25, 0.3) is 0 Å². The summed E-state index contributed by atoms with van der Waals surface area (Å²) in [5.41, 5.74) is 3.30. The molecule has 0 aromatic carbocycles. The number of anilines is 1. The molecule has 1 aliphatic heterocycles. The summed E-state index contributed by atoms with van der Waals surface area (Å²) in [6.07, 6.45) is 4.96. The van der Waals surface area contributed by atoms with E-state index in [1.807, 2.05) is 30.7 Å². The zero-order chi connectivity index (χ0) is 17.8. The lowest BCUT2D eigenvalue weighted by Gasteiger charge is -2.27. The molecule has 0 saturated carbocycles. The number of nitrogens with one attached hydrogen (secondary N) is 1. The zero-order valence-electron chi connectivity index (χ0n) is 15.0. The van der Waals surface area contributed by atoms with Gasteiger partial charge in [0.25, 0.3) is 0 Å². The molecule has 0 atom stereocenters. The van der Waals surface area contributed by atoms with Crippen LogP contribution in [0, 0.1) is 13.8 Å². The van der Waals surface area contributed by atoms with E-state index in [-0.39, 0.29) is 5.91 Å². The van der Waals surface area contributed by atoms with E-state index in [9.17, 15) is 4.79 Å². The Kier molecular flexibility index (Phi) is 5.23. The molecule has 0 aliphatic carbocycles. The topological polar surface area (TPSA) is 75.9 Å². The van der Waals surface area contributed by atoms with Crippen molar-refractivity contribution in [3.05, 3.63) is 47.2 Å². The van der Waals surface area contributed by atoms with Crippen LogP contribution in [0.5, 0.6) is 0 Å². The SMILES string of the molecule is CC(=O)Nc1ccnn1CC1=CCCN(Cc2nc(C)cc(C)n2)C1. The van der Waals surface area contributed by atoms with Gasteiger partial charge in [0.1, 0.15) is 11.6 Å². The van der Waals surface area contributed by atoms with Gasteiger partial charge in [-0.05, 0) is 31.9 Å². The molecule has 0 fully saturated rings. The molecule has 132 valence electrons. The Morgan fingerprint density at radius 1 is 1.24 bits per heavy atom. The normalized spacial score (nSPS) is 15.1. The minimum atomic E-state index is -0.0898. The van der Waals surface area contributed by atoms with Crippen LogP contribution in [-0.4, -0.2) is 43.6 Å². The second-order valence-corrected chi connectivity index (χ2v) is 6.48. The smallest absolute Gasteiger partial charge is 0.222 e. The van der Waals surface area contributed by atoms with Crippen LogP contribution in [0.3, 0.4) is 0 Å². The molecule has 7 nitrogen and oxygen atoms in total. The van der Waals surface area contributed by atoms with Gasteiger partial charge in [-0.2, -0.15) is 5.10 Å². The van der Waals surface area contributed by atoms with Crippen molar-refractivity contribution in [2.45, 2.75) is 40.3 Å². The van der Waals surface area contributed by atoms with E-state index in [0.29, 0.717) is 6.54 Å². The van der Waals surface area contributed by atoms with Crippen molar-refractivity contribution >= 4 is 11.7 Å². The van der Waals surface area contributed by atoms with Gasteiger partial charge in [0.05, 0.1) is 19.3 Å². The van der Waals surface area contributed by atoms with Gasteiger partial charge < -0.3 is 5.32 Å². The van der Waals surface area contributed by atoms with E-state index in [2.05, 4.69) is 31.4 Å². The molecule has 1 amide bonds. The number of hydrogen-bond acceptors (Lipinski definition) is 5. The van der Waals surface area contributed by atoms with Gasteiger partial charge in [-0.25, -0.2) is 14.6 Å². The van der Waals surface area contributed by atoms with Gasteiger partial charge >= 0.3 is 0 Å². The minimum absolute atomic E-state index is 0.0898. The molecule has 2 aromatic heterocycles. The highest BCUT2D eigenvalue weighted by atomic mass is 16.1. The van der Waals surface area contributed by atoms with Crippen molar-refractivity contribution in [1.82, 2.24) is 24.6 Å². The molecule has 3 rings (SSSR count). The summed E-state index contributed by atoms with van der Waals surface area (Å²) in [7, 11) is 0. The molecule has 25 heavy (non-hydrogen) atoms. The number of amides is 1. The molecule has 1 N–H and O–H groups in total. The largest absolute Gasteiger partial charge is 0.311 e. The molecule has 1 aliphatic rings. The van der Waals surface area contributed by atoms with Crippen LogP contribution < -0.4 is 5.32 Å². The fraction of sp³-hybridized carbons (Fsp3) is 0.444. The summed E-state index contributed by atoms with van der Waals surface area (Å²) in [6, 6.07) is 3.80. The van der Waals surface area contributed by atoms with Crippen LogP contribution >= 0.6 is 0 Å². The van der Waals surface area contributed by atoms with Crippen molar-refractivity contribution in [2.75, 3.05) is 18.4 Å². The Balaban J connectivity index is 1.64. The van der Waals surface area contributed by atoms with Crippen molar-refractivity contribution in [3.63, 3.8) is 0 Å². The number of aromatic nitrogens is 4. The molecular formula is C18H24N6O. The maximum absolute atomic E-state index is 11.3. The van der Waals surface area contributed by atoms with Crippen LogP contribution in [-0.2, 0) is 17.9 Å². The van der Waals surface area contributed by atoms with E-state index in [0.717, 1.165) is 49.1 Å². The van der Waals surface area contributed by atoms with Crippen molar-refractivity contribution in [1.29, 1.82) is 0 Å². The summed E-state index contributed by atoms with van der Waals surface area (Å²) >= 11 is 0. The minimum Gasteiger partial charge on any atom is -0.311 e. The standard InChI is InChI=1S/C18H24N6O/c1-13-9-14(2)21-17(20-13)12-23-8-4-5-16(10-23)11-24-18(6-7-19-24)22-15(3)25/h5-7,9H,4,8,10-12H2,1-3H3,(H,22,25). The fourth-order valence-corrected chi connectivity index (χ4v) is 3.14. The molecule has 0 saturated heterocycles. The molecule has 3 heterocycles. The van der Waals surface area contributed by atoms with Crippen LogP contribution in [0.2, 0.25) is 0 Å². The molecule has 2 aromatic rings. The predicted octanol–water partition coefficient (Wildman–Crippen LogP) is 2.08. The van der Waals surface area contributed by atoms with Crippen molar-refractivity contribution in [3.8, 4) is 0 Å². The van der Waals surface area contributed by atoms with Crippen molar-refractivity contribution < 1.29 is 4.79 Å². The second-order valence-electron chi connectivity index (χ2n) is 6.48. The Labute approximate surface area is 147 Å². The first-order valence-corrected chi connectivity index (χ1v) is 8.50. The molecule has 0 radical (unpaired) electrons. The Bertz CT molecular complexity index is 774. The molecule has 0 unspecified atom stereocenters. The third-order valence-electron chi connectivity index (χ3n) is 4.07. The highest BCUT2D eigenvalue weighted by molar-refractivity contribution is 5.87. The lowest BCUT2D eigenvalue weighted by Crippen LogP contribution is -2.31. The average molecular weight is 340 g/mol. The number of aryl methyl sites for hydroxylation is 2. The Morgan fingerprint density at radius 3 is 2.72 bits per heavy atom. The van der Waals surface area contributed by atoms with E-state index in [1.54, 1.807) is 6.20 Å². The van der Waals surface area contributed by atoms with E-state index in [4.69, 9.17) is 0 Å². The van der Waals surface area contributed by atoms with Crippen LogP contribution in [0.1, 0.15) is 30.6 Å². The highest BCUT2D eigenvalue weighted by Crippen LogP contribution is 2.16. The third-order valence-corrected chi connectivity index (χ3v) is 4.07. The lowest BCUT2D eigenvalue weighted by molar-refractivity contribution is -0.114. The quantitative estimate of drug-likeness (QED) is 0.844. The summed E-state index contributed by atoms with van der Waals surface area (Å²) in [4.78, 5) is 22.7. The van der Waals surface area contributed by atoms with E-state index >= 15 is 0 Å². The number of rotatable bonds is 5. The summed E-state index contributed by atoms with van der Waals surface area (Å²) < 4.78 is 1.82.